The molecule has 0 aliphatic carbocycles. The van der Waals surface area contributed by atoms with Gasteiger partial charge in [0.2, 0.25) is 0 Å². The van der Waals surface area contributed by atoms with E-state index in [4.69, 9.17) is 9.57 Å². The van der Waals surface area contributed by atoms with Crippen molar-refractivity contribution in [3.05, 3.63) is 71.8 Å². The van der Waals surface area contributed by atoms with Gasteiger partial charge in [0, 0.05) is 6.42 Å². The molecular formula is C23H30N2O5. The van der Waals surface area contributed by atoms with Gasteiger partial charge < -0.3 is 15.2 Å². The number of aliphatic carboxylic acids is 1. The van der Waals surface area contributed by atoms with Crippen LogP contribution in [0.3, 0.4) is 0 Å². The molecule has 162 valence electrons. The van der Waals surface area contributed by atoms with Gasteiger partial charge in [-0.1, -0.05) is 60.7 Å². The fourth-order valence-electron chi connectivity index (χ4n) is 2.95. The number of carboxylic acid groups (broad SMARTS) is 1. The van der Waals surface area contributed by atoms with Crippen molar-refractivity contribution in [1.29, 1.82) is 0 Å². The van der Waals surface area contributed by atoms with Gasteiger partial charge >= 0.3 is 12.1 Å². The van der Waals surface area contributed by atoms with Crippen molar-refractivity contribution in [3.63, 3.8) is 0 Å². The summed E-state index contributed by atoms with van der Waals surface area (Å²) in [4.78, 5) is 30.5. The molecule has 0 aliphatic rings. The molecule has 30 heavy (non-hydrogen) atoms. The summed E-state index contributed by atoms with van der Waals surface area (Å²) in [5.41, 5.74) is 2.02. The van der Waals surface area contributed by atoms with E-state index in [1.165, 1.54) is 0 Å². The number of hydrogen-bond donors (Lipinski definition) is 3. The van der Waals surface area contributed by atoms with Crippen LogP contribution < -0.4 is 10.8 Å². The van der Waals surface area contributed by atoms with Gasteiger partial charge in [-0.05, 0) is 38.8 Å². The Morgan fingerprint density at radius 2 is 1.50 bits per heavy atom. The topological polar surface area (TPSA) is 96.9 Å². The van der Waals surface area contributed by atoms with Crippen LogP contribution in [0.15, 0.2) is 60.7 Å². The first-order chi connectivity index (χ1) is 14.1. The average Bonchev–Trinajstić information content (AvgIpc) is 2.67. The normalized spacial score (nSPS) is 14.4. The maximum absolute atomic E-state index is 12.5. The van der Waals surface area contributed by atoms with Crippen LogP contribution in [-0.4, -0.2) is 34.4 Å². The molecule has 7 nitrogen and oxygen atoms in total. The average molecular weight is 415 g/mol. The number of ether oxygens (including phenoxy) is 1. The summed E-state index contributed by atoms with van der Waals surface area (Å²) in [5, 5.41) is 12.7. The third kappa shape index (κ3) is 6.86. The standard InChI is InChI=1S/C23H30N2O5/c1-17(25-29-16-19-13-9-6-10-14-19)23(20(26)27,15-18-11-7-5-8-12-18)24-21(28)30-22(2,3)4/h5-14,17,25H,15-16H2,1-4H3,(H,24,28)(H,26,27)/t17-,23-/m0/s1. The molecule has 2 aromatic rings. The van der Waals surface area contributed by atoms with E-state index in [9.17, 15) is 14.7 Å². The Morgan fingerprint density at radius 1 is 0.967 bits per heavy atom. The maximum atomic E-state index is 12.5. The number of benzene rings is 2. The quantitative estimate of drug-likeness (QED) is 0.542. The van der Waals surface area contributed by atoms with Crippen LogP contribution in [0.4, 0.5) is 4.79 Å². The lowest BCUT2D eigenvalue weighted by Crippen LogP contribution is -2.66. The molecule has 0 radical (unpaired) electrons. The molecule has 0 unspecified atom stereocenters. The molecular weight excluding hydrogens is 384 g/mol. The predicted octanol–water partition coefficient (Wildman–Crippen LogP) is 3.69. The van der Waals surface area contributed by atoms with Crippen molar-refractivity contribution in [2.24, 2.45) is 0 Å². The van der Waals surface area contributed by atoms with Gasteiger partial charge in [-0.15, -0.1) is 0 Å². The molecule has 0 saturated carbocycles. The van der Waals surface area contributed by atoms with Crippen LogP contribution in [0, 0.1) is 0 Å². The second-order valence-electron chi connectivity index (χ2n) is 8.18. The molecule has 0 aromatic heterocycles. The molecule has 2 rings (SSSR count). The molecule has 0 saturated heterocycles. The summed E-state index contributed by atoms with van der Waals surface area (Å²) in [6.45, 7) is 7.06. The molecule has 2 aromatic carbocycles. The van der Waals surface area contributed by atoms with Crippen molar-refractivity contribution >= 4 is 12.1 Å². The molecule has 0 bridgehead atoms. The first kappa shape index (κ1) is 23.4. The van der Waals surface area contributed by atoms with Gasteiger partial charge in [0.15, 0.2) is 5.54 Å². The molecule has 0 spiro atoms. The van der Waals surface area contributed by atoms with Crippen molar-refractivity contribution in [3.8, 4) is 0 Å². The van der Waals surface area contributed by atoms with Gasteiger partial charge in [0.1, 0.15) is 5.60 Å². The highest BCUT2D eigenvalue weighted by Crippen LogP contribution is 2.21. The first-order valence-corrected chi connectivity index (χ1v) is 9.82. The van der Waals surface area contributed by atoms with Gasteiger partial charge in [0.05, 0.1) is 12.6 Å². The Kier molecular flexibility index (Phi) is 7.97. The van der Waals surface area contributed by atoms with E-state index in [2.05, 4.69) is 10.8 Å². The fourth-order valence-corrected chi connectivity index (χ4v) is 2.95. The number of alkyl carbamates (subject to hydrolysis) is 1. The minimum Gasteiger partial charge on any atom is -0.479 e. The number of carbonyl (C=O) groups excluding carboxylic acids is 1. The number of amides is 1. The second kappa shape index (κ2) is 10.2. The van der Waals surface area contributed by atoms with Crippen molar-refractivity contribution < 1.29 is 24.3 Å². The van der Waals surface area contributed by atoms with Gasteiger partial charge in [-0.25, -0.2) is 9.59 Å². The number of hydroxylamine groups is 1. The minimum absolute atomic E-state index is 0.0469. The molecule has 1 amide bonds. The van der Waals surface area contributed by atoms with E-state index in [1.807, 2.05) is 60.7 Å². The summed E-state index contributed by atoms with van der Waals surface area (Å²) in [7, 11) is 0. The molecule has 0 fully saturated rings. The van der Waals surface area contributed by atoms with E-state index < -0.39 is 29.2 Å². The zero-order valence-corrected chi connectivity index (χ0v) is 17.8. The fraction of sp³-hybridized carbons (Fsp3) is 0.391. The molecule has 0 heterocycles. The van der Waals surface area contributed by atoms with E-state index in [0.717, 1.165) is 11.1 Å². The van der Waals surface area contributed by atoms with E-state index in [-0.39, 0.29) is 13.0 Å². The van der Waals surface area contributed by atoms with E-state index in [0.29, 0.717) is 0 Å². The largest absolute Gasteiger partial charge is 0.479 e. The Labute approximate surface area is 177 Å². The summed E-state index contributed by atoms with van der Waals surface area (Å²) in [5.74, 6) is -1.19. The Hall–Kier alpha value is -2.90. The SMILES string of the molecule is C[C@H](NOCc1ccccc1)[C@](Cc1ccccc1)(NC(=O)OC(C)(C)C)C(=O)O. The highest BCUT2D eigenvalue weighted by atomic mass is 16.6. The Morgan fingerprint density at radius 3 is 2.00 bits per heavy atom. The van der Waals surface area contributed by atoms with Crippen LogP contribution in [0.5, 0.6) is 0 Å². The first-order valence-electron chi connectivity index (χ1n) is 9.82. The van der Waals surface area contributed by atoms with Crippen LogP contribution in [0.2, 0.25) is 0 Å². The number of nitrogens with one attached hydrogen (secondary N) is 2. The second-order valence-corrected chi connectivity index (χ2v) is 8.18. The molecule has 2 atom stereocenters. The van der Waals surface area contributed by atoms with Gasteiger partial charge in [0.25, 0.3) is 0 Å². The highest BCUT2D eigenvalue weighted by molar-refractivity contribution is 5.85. The number of hydrogen-bond acceptors (Lipinski definition) is 5. The smallest absolute Gasteiger partial charge is 0.408 e. The number of rotatable bonds is 9. The number of carbonyl (C=O) groups is 2. The lowest BCUT2D eigenvalue weighted by Gasteiger charge is -2.36. The summed E-state index contributed by atoms with van der Waals surface area (Å²) in [6, 6.07) is 17.8. The third-order valence-electron chi connectivity index (χ3n) is 4.51. The maximum Gasteiger partial charge on any atom is 0.408 e. The minimum atomic E-state index is -1.69. The van der Waals surface area contributed by atoms with Crippen molar-refractivity contribution in [2.45, 2.75) is 57.9 Å². The lowest BCUT2D eigenvalue weighted by atomic mass is 9.84. The van der Waals surface area contributed by atoms with Crippen molar-refractivity contribution in [2.75, 3.05) is 0 Å². The Bertz CT molecular complexity index is 820. The van der Waals surface area contributed by atoms with Gasteiger partial charge in [-0.3, -0.25) is 4.84 Å². The van der Waals surface area contributed by atoms with Crippen molar-refractivity contribution in [1.82, 2.24) is 10.8 Å². The Balaban J connectivity index is 2.22. The molecule has 3 N–H and O–H groups in total. The molecule has 7 heteroatoms. The third-order valence-corrected chi connectivity index (χ3v) is 4.51. The summed E-state index contributed by atoms with van der Waals surface area (Å²) in [6.07, 6.45) is -0.761. The van der Waals surface area contributed by atoms with Gasteiger partial charge in [-0.2, -0.15) is 5.48 Å². The van der Waals surface area contributed by atoms with Crippen LogP contribution >= 0.6 is 0 Å². The zero-order valence-electron chi connectivity index (χ0n) is 17.8. The van der Waals surface area contributed by atoms with Crippen LogP contribution in [0.1, 0.15) is 38.8 Å². The monoisotopic (exact) mass is 414 g/mol. The summed E-state index contributed by atoms with van der Waals surface area (Å²) >= 11 is 0. The molecule has 0 aliphatic heterocycles. The highest BCUT2D eigenvalue weighted by Gasteiger charge is 2.46. The summed E-state index contributed by atoms with van der Waals surface area (Å²) < 4.78 is 5.32. The zero-order chi connectivity index (χ0) is 22.2. The number of carboxylic acids is 1. The van der Waals surface area contributed by atoms with Crippen LogP contribution in [-0.2, 0) is 27.4 Å². The van der Waals surface area contributed by atoms with Crippen LogP contribution in [0.25, 0.3) is 0 Å². The van der Waals surface area contributed by atoms with E-state index in [1.54, 1.807) is 27.7 Å². The predicted molar refractivity (Wildman–Crippen MR) is 114 cm³/mol. The van der Waals surface area contributed by atoms with E-state index >= 15 is 0 Å². The lowest BCUT2D eigenvalue weighted by molar-refractivity contribution is -0.148.